The van der Waals surface area contributed by atoms with Crippen LogP contribution in [-0.2, 0) is 14.1 Å². The lowest BCUT2D eigenvalue weighted by atomic mass is 9.85. The van der Waals surface area contributed by atoms with Crippen molar-refractivity contribution in [3.8, 4) is 11.5 Å². The van der Waals surface area contributed by atoms with Gasteiger partial charge in [0.05, 0.1) is 25.2 Å². The molecule has 2 atom stereocenters. The smallest absolute Gasteiger partial charge is 0.226 e. The fourth-order valence-corrected chi connectivity index (χ4v) is 4.69. The van der Waals surface area contributed by atoms with Crippen molar-refractivity contribution in [3.63, 3.8) is 0 Å². The molecule has 10 heteroatoms. The minimum atomic E-state index is -0.371. The first-order valence-corrected chi connectivity index (χ1v) is 10.7. The normalized spacial score (nSPS) is 18.8. The molecule has 0 aliphatic carbocycles. The molecule has 0 radical (unpaired) electrons. The number of hydrogen-bond acceptors (Lipinski definition) is 7. The topological polar surface area (TPSA) is 96.8 Å². The molecule has 5 heterocycles. The predicted molar refractivity (Wildman–Crippen MR) is 121 cm³/mol. The van der Waals surface area contributed by atoms with E-state index in [1.165, 1.54) is 0 Å². The van der Waals surface area contributed by atoms with Crippen molar-refractivity contribution in [2.45, 2.75) is 26.0 Å². The fraction of sp³-hybridized carbons (Fsp3) is 0.304. The van der Waals surface area contributed by atoms with Gasteiger partial charge in [0.25, 0.3) is 0 Å². The van der Waals surface area contributed by atoms with E-state index in [4.69, 9.17) is 9.47 Å². The van der Waals surface area contributed by atoms with Gasteiger partial charge < -0.3 is 14.8 Å². The molecule has 0 bridgehead atoms. The number of rotatable bonds is 3. The number of methoxy groups -OCH3 is 1. The summed E-state index contributed by atoms with van der Waals surface area (Å²) in [5.74, 6) is 2.19. The average Bonchev–Trinajstić information content (AvgIpc) is 3.52. The average molecular weight is 444 g/mol. The first-order chi connectivity index (χ1) is 16.0. The highest BCUT2D eigenvalue weighted by Crippen LogP contribution is 2.51. The number of benzene rings is 1. The summed E-state index contributed by atoms with van der Waals surface area (Å²) >= 11 is 0. The SMILES string of the molecule is COc1ccc2c(c1)C1=C([C@H](c3cnn(C)c3C)O2)[C@H](c2cnn(C)c2C)n2ncnc2N1. The Morgan fingerprint density at radius 3 is 2.39 bits per heavy atom. The number of aromatic nitrogens is 7. The molecular formula is C23H24N8O2. The van der Waals surface area contributed by atoms with Crippen LogP contribution in [0.5, 0.6) is 11.5 Å². The van der Waals surface area contributed by atoms with Gasteiger partial charge in [0, 0.05) is 47.7 Å². The quantitative estimate of drug-likeness (QED) is 0.519. The van der Waals surface area contributed by atoms with Crippen LogP contribution in [0, 0.1) is 13.8 Å². The highest BCUT2D eigenvalue weighted by atomic mass is 16.5. The maximum absolute atomic E-state index is 6.68. The van der Waals surface area contributed by atoms with Crippen LogP contribution in [-0.4, -0.2) is 41.4 Å². The van der Waals surface area contributed by atoms with Gasteiger partial charge in [-0.3, -0.25) is 9.36 Å². The first kappa shape index (κ1) is 19.6. The van der Waals surface area contributed by atoms with Crippen LogP contribution in [0.3, 0.4) is 0 Å². The molecule has 10 nitrogen and oxygen atoms in total. The van der Waals surface area contributed by atoms with E-state index in [9.17, 15) is 0 Å². The molecule has 1 aromatic carbocycles. The third-order valence-electron chi connectivity index (χ3n) is 6.74. The Hall–Kier alpha value is -4.08. The maximum atomic E-state index is 6.68. The van der Waals surface area contributed by atoms with Crippen LogP contribution >= 0.6 is 0 Å². The van der Waals surface area contributed by atoms with E-state index in [0.717, 1.165) is 50.8 Å². The zero-order valence-corrected chi connectivity index (χ0v) is 19.1. The summed E-state index contributed by atoms with van der Waals surface area (Å²) in [5, 5.41) is 17.1. The summed E-state index contributed by atoms with van der Waals surface area (Å²) < 4.78 is 17.8. The number of aryl methyl sites for hydroxylation is 2. The van der Waals surface area contributed by atoms with E-state index < -0.39 is 0 Å². The van der Waals surface area contributed by atoms with Gasteiger partial charge in [0.1, 0.15) is 23.9 Å². The van der Waals surface area contributed by atoms with Gasteiger partial charge in [-0.25, -0.2) is 4.68 Å². The lowest BCUT2D eigenvalue weighted by molar-refractivity contribution is 0.221. The van der Waals surface area contributed by atoms with Crippen LogP contribution in [0.15, 0.2) is 42.5 Å². The Kier molecular flexibility index (Phi) is 4.13. The standard InChI is InChI=1S/C23H24N8O2/c1-12-16(9-25-29(12)3)21-19-20(28-23-24-11-27-31(21)23)15-8-14(32-5)6-7-18(15)33-22(19)17-10-26-30(4)13(17)2/h6-11,21-22H,1-5H3,(H,24,27,28)/t21-,22-/m0/s1. The molecular weight excluding hydrogens is 420 g/mol. The van der Waals surface area contributed by atoms with Crippen molar-refractivity contribution in [2.75, 3.05) is 12.4 Å². The molecule has 0 amide bonds. The largest absolute Gasteiger partial charge is 0.497 e. The highest BCUT2D eigenvalue weighted by Gasteiger charge is 2.43. The number of hydrogen-bond donors (Lipinski definition) is 1. The summed E-state index contributed by atoms with van der Waals surface area (Å²) in [6.07, 6.45) is 4.97. The number of fused-ring (bicyclic) bond motifs is 3. The predicted octanol–water partition coefficient (Wildman–Crippen LogP) is 2.93. The summed E-state index contributed by atoms with van der Waals surface area (Å²) in [7, 11) is 5.54. The Labute approximate surface area is 190 Å². The van der Waals surface area contributed by atoms with Gasteiger partial charge in [-0.15, -0.1) is 0 Å². The molecule has 0 unspecified atom stereocenters. The van der Waals surface area contributed by atoms with Crippen LogP contribution in [0.25, 0.3) is 5.70 Å². The zero-order chi connectivity index (χ0) is 22.9. The summed E-state index contributed by atoms with van der Waals surface area (Å²) in [5.41, 5.74) is 7.02. The lowest BCUT2D eigenvalue weighted by Gasteiger charge is -2.38. The Bertz CT molecular complexity index is 1430. The number of nitrogens with one attached hydrogen (secondary N) is 1. The van der Waals surface area contributed by atoms with Crippen molar-refractivity contribution in [2.24, 2.45) is 14.1 Å². The van der Waals surface area contributed by atoms with Gasteiger partial charge in [-0.1, -0.05) is 0 Å². The van der Waals surface area contributed by atoms with Crippen molar-refractivity contribution in [1.82, 2.24) is 34.3 Å². The van der Waals surface area contributed by atoms with Gasteiger partial charge in [-0.2, -0.15) is 20.3 Å². The van der Waals surface area contributed by atoms with Gasteiger partial charge >= 0.3 is 0 Å². The summed E-state index contributed by atoms with van der Waals surface area (Å²) in [4.78, 5) is 4.49. The van der Waals surface area contributed by atoms with E-state index in [1.807, 2.05) is 58.7 Å². The molecule has 6 rings (SSSR count). The van der Waals surface area contributed by atoms with Crippen LogP contribution in [0.1, 0.15) is 40.2 Å². The number of anilines is 1. The lowest BCUT2D eigenvalue weighted by Crippen LogP contribution is -2.32. The summed E-state index contributed by atoms with van der Waals surface area (Å²) in [6, 6.07) is 5.59. The molecule has 0 spiro atoms. The van der Waals surface area contributed by atoms with Crippen molar-refractivity contribution < 1.29 is 9.47 Å². The molecule has 2 aliphatic heterocycles. The van der Waals surface area contributed by atoms with E-state index >= 15 is 0 Å². The molecule has 168 valence electrons. The van der Waals surface area contributed by atoms with Crippen LogP contribution < -0.4 is 14.8 Å². The maximum Gasteiger partial charge on any atom is 0.226 e. The van der Waals surface area contributed by atoms with E-state index in [0.29, 0.717) is 5.95 Å². The fourth-order valence-electron chi connectivity index (χ4n) is 4.69. The minimum absolute atomic E-state index is 0.253. The van der Waals surface area contributed by atoms with Crippen molar-refractivity contribution >= 4 is 11.6 Å². The second-order valence-electron chi connectivity index (χ2n) is 8.36. The monoisotopic (exact) mass is 444 g/mol. The molecule has 33 heavy (non-hydrogen) atoms. The van der Waals surface area contributed by atoms with Gasteiger partial charge in [-0.05, 0) is 32.0 Å². The van der Waals surface area contributed by atoms with Crippen molar-refractivity contribution in [3.05, 3.63) is 70.6 Å². The number of ether oxygens (including phenoxy) is 2. The molecule has 0 saturated carbocycles. The van der Waals surface area contributed by atoms with E-state index in [1.54, 1.807) is 13.4 Å². The molecule has 3 aromatic heterocycles. The molecule has 2 aliphatic rings. The second-order valence-corrected chi connectivity index (χ2v) is 8.36. The number of nitrogens with zero attached hydrogens (tertiary/aromatic N) is 7. The van der Waals surface area contributed by atoms with Crippen LogP contribution in [0.2, 0.25) is 0 Å². The highest BCUT2D eigenvalue weighted by molar-refractivity contribution is 5.85. The Morgan fingerprint density at radius 1 is 1.00 bits per heavy atom. The van der Waals surface area contributed by atoms with E-state index in [-0.39, 0.29) is 12.1 Å². The zero-order valence-electron chi connectivity index (χ0n) is 19.1. The van der Waals surface area contributed by atoms with Crippen LogP contribution in [0.4, 0.5) is 5.95 Å². The minimum Gasteiger partial charge on any atom is -0.497 e. The van der Waals surface area contributed by atoms with Gasteiger partial charge in [0.2, 0.25) is 5.95 Å². The van der Waals surface area contributed by atoms with Gasteiger partial charge in [0.15, 0.2) is 6.10 Å². The molecule has 0 saturated heterocycles. The molecule has 0 fully saturated rings. The second kappa shape index (κ2) is 6.96. The molecule has 4 aromatic rings. The summed E-state index contributed by atoms with van der Waals surface area (Å²) in [6.45, 7) is 4.11. The third kappa shape index (κ3) is 2.73. The Morgan fingerprint density at radius 2 is 1.73 bits per heavy atom. The Balaban J connectivity index is 1.66. The van der Waals surface area contributed by atoms with E-state index in [2.05, 4.69) is 39.4 Å². The first-order valence-electron chi connectivity index (χ1n) is 10.7. The third-order valence-corrected chi connectivity index (χ3v) is 6.74. The molecule has 1 N–H and O–H groups in total. The van der Waals surface area contributed by atoms with Crippen molar-refractivity contribution in [1.29, 1.82) is 0 Å².